The van der Waals surface area contributed by atoms with Gasteiger partial charge in [0.15, 0.2) is 17.3 Å². The number of nitrogens with two attached hydrogens (primary N) is 3. The molecule has 1 unspecified atom stereocenters. The van der Waals surface area contributed by atoms with Crippen LogP contribution in [0.5, 0.6) is 0 Å². The molecule has 1 aliphatic heterocycles. The van der Waals surface area contributed by atoms with Crippen LogP contribution in [0.25, 0.3) is 34.1 Å². The second kappa shape index (κ2) is 13.0. The van der Waals surface area contributed by atoms with E-state index in [2.05, 4.69) is 44.9 Å². The first kappa shape index (κ1) is 29.6. The number of fused-ring (bicyclic) bond motifs is 2. The third-order valence-electron chi connectivity index (χ3n) is 8.28. The van der Waals surface area contributed by atoms with Crippen LogP contribution in [0, 0.1) is 5.92 Å². The van der Waals surface area contributed by atoms with Gasteiger partial charge in [-0.3, -0.25) is 15.2 Å². The third kappa shape index (κ3) is 6.13. The van der Waals surface area contributed by atoms with E-state index in [1.807, 2.05) is 36.5 Å². The van der Waals surface area contributed by atoms with Crippen LogP contribution in [-0.4, -0.2) is 53.2 Å². The molecule has 0 bridgehead atoms. The lowest BCUT2D eigenvalue weighted by Gasteiger charge is -2.32. The van der Waals surface area contributed by atoms with Gasteiger partial charge < -0.3 is 21.8 Å². The summed E-state index contributed by atoms with van der Waals surface area (Å²) in [7, 11) is 0. The van der Waals surface area contributed by atoms with Crippen LogP contribution >= 0.6 is 0 Å². The van der Waals surface area contributed by atoms with Crippen molar-refractivity contribution in [2.45, 2.75) is 32.1 Å². The van der Waals surface area contributed by atoms with Crippen molar-refractivity contribution in [3.05, 3.63) is 103 Å². The number of amides is 1. The number of hydrazine groups is 1. The average Bonchev–Trinajstić information content (AvgIpc) is 3.85. The van der Waals surface area contributed by atoms with Gasteiger partial charge in [-0.1, -0.05) is 12.6 Å². The molecule has 0 spiro atoms. The minimum Gasteiger partial charge on any atom is -0.401 e. The number of imidazole rings is 1. The van der Waals surface area contributed by atoms with Crippen molar-refractivity contribution < 1.29 is 4.79 Å². The number of rotatable bonds is 6. The number of nitrogen functional groups attached to an aromatic ring is 1. The number of aromatic nitrogens is 6. The largest absolute Gasteiger partial charge is 0.401 e. The Balaban J connectivity index is 0.000000202. The van der Waals surface area contributed by atoms with E-state index in [-0.39, 0.29) is 11.8 Å². The second-order valence-corrected chi connectivity index (χ2v) is 11.1. The molecule has 12 nitrogen and oxygen atoms in total. The Kier molecular flexibility index (Phi) is 8.56. The highest BCUT2D eigenvalue weighted by molar-refractivity contribution is 5.87. The monoisotopic (exact) mass is 603 g/mol. The quantitative estimate of drug-likeness (QED) is 0.129. The molecule has 12 heteroatoms. The number of benzene rings is 1. The summed E-state index contributed by atoms with van der Waals surface area (Å²) in [6.07, 6.45) is 13.6. The molecule has 2 aliphatic rings. The van der Waals surface area contributed by atoms with Crippen molar-refractivity contribution in [1.29, 1.82) is 0 Å². The van der Waals surface area contributed by atoms with Crippen molar-refractivity contribution in [2.75, 3.05) is 18.8 Å². The summed E-state index contributed by atoms with van der Waals surface area (Å²) in [5, 5.41) is 4.32. The predicted octanol–water partition coefficient (Wildman–Crippen LogP) is 3.41. The van der Waals surface area contributed by atoms with Gasteiger partial charge in [-0.05, 0) is 91.8 Å². The number of aryl methyl sites for hydroxylation is 2. The molecule has 0 radical (unpaired) electrons. The Morgan fingerprint density at radius 2 is 1.91 bits per heavy atom. The normalized spacial score (nSPS) is 16.2. The molecule has 5 aromatic rings. The molecule has 0 saturated carbocycles. The van der Waals surface area contributed by atoms with Crippen LogP contribution in [0.2, 0.25) is 0 Å². The summed E-state index contributed by atoms with van der Waals surface area (Å²) in [5.41, 5.74) is 21.3. The molecule has 1 aromatic carbocycles. The zero-order valence-corrected chi connectivity index (χ0v) is 25.0. The summed E-state index contributed by atoms with van der Waals surface area (Å²) < 4.78 is 3.83. The first-order valence-electron chi connectivity index (χ1n) is 15.0. The maximum atomic E-state index is 11.4. The van der Waals surface area contributed by atoms with Crippen molar-refractivity contribution in [2.24, 2.45) is 17.5 Å². The van der Waals surface area contributed by atoms with Crippen molar-refractivity contribution in [3.63, 3.8) is 0 Å². The van der Waals surface area contributed by atoms with Gasteiger partial charge >= 0.3 is 0 Å². The molecule has 1 saturated heterocycles. The number of pyridine rings is 2. The number of anilines is 1. The molecular formula is C33H37N11O. The van der Waals surface area contributed by atoms with Gasteiger partial charge in [0, 0.05) is 55.2 Å². The van der Waals surface area contributed by atoms with Crippen molar-refractivity contribution in [1.82, 2.24) is 39.6 Å². The van der Waals surface area contributed by atoms with Crippen LogP contribution in [0.3, 0.4) is 0 Å². The zero-order chi connectivity index (χ0) is 31.3. The highest BCUT2D eigenvalue weighted by Gasteiger charge is 2.24. The highest BCUT2D eigenvalue weighted by Crippen LogP contribution is 2.33. The summed E-state index contributed by atoms with van der Waals surface area (Å²) in [6, 6.07) is 16.2. The molecule has 230 valence electrons. The molecule has 4 aromatic heterocycles. The van der Waals surface area contributed by atoms with Gasteiger partial charge in [-0.15, -0.1) is 0 Å². The van der Waals surface area contributed by atoms with Gasteiger partial charge in [0.25, 0.3) is 0 Å². The zero-order valence-electron chi connectivity index (χ0n) is 25.0. The Hall–Kier alpha value is -5.49. The third-order valence-corrected chi connectivity index (χ3v) is 8.28. The Bertz CT molecular complexity index is 1860. The van der Waals surface area contributed by atoms with Crippen molar-refractivity contribution in [3.8, 4) is 22.9 Å². The van der Waals surface area contributed by atoms with Crippen molar-refractivity contribution >= 4 is 22.9 Å². The van der Waals surface area contributed by atoms with E-state index < -0.39 is 0 Å². The van der Waals surface area contributed by atoms with E-state index in [0.717, 1.165) is 66.3 Å². The summed E-state index contributed by atoms with van der Waals surface area (Å²) >= 11 is 0. The smallest absolute Gasteiger partial charge is 0.245 e. The lowest BCUT2D eigenvalue weighted by Crippen LogP contribution is -2.41. The maximum absolute atomic E-state index is 11.4. The molecule has 1 fully saturated rings. The number of carbonyl (C=O) groups excluding carboxylic acids is 1. The Morgan fingerprint density at radius 1 is 1.04 bits per heavy atom. The molecule has 7 rings (SSSR count). The number of likely N-dealkylation sites (tertiary alicyclic amines) is 1. The molecule has 7 N–H and O–H groups in total. The number of carbonyl (C=O) groups is 1. The predicted molar refractivity (Wildman–Crippen MR) is 175 cm³/mol. The van der Waals surface area contributed by atoms with Crippen LogP contribution < -0.4 is 22.7 Å². The SMILES string of the molecule is C=CC(=O)N1CCCC(/C(N)=C/NN)C1.Nc1ncccc1-c1nc2ccc(-n3cccn3)nc2n1-c1ccc2c(c1)CCC2. The van der Waals surface area contributed by atoms with Gasteiger partial charge in [0.2, 0.25) is 5.91 Å². The first-order valence-corrected chi connectivity index (χ1v) is 15.0. The number of nitrogens with zero attached hydrogens (tertiary/aromatic N) is 7. The molecule has 1 atom stereocenters. The van der Waals surface area contributed by atoms with E-state index in [1.165, 1.54) is 23.6 Å². The lowest BCUT2D eigenvalue weighted by molar-refractivity contribution is -0.127. The maximum Gasteiger partial charge on any atom is 0.245 e. The minimum atomic E-state index is -0.0341. The van der Waals surface area contributed by atoms with Crippen LogP contribution in [0.15, 0.2) is 91.7 Å². The fourth-order valence-corrected chi connectivity index (χ4v) is 6.00. The number of hydrogen-bond donors (Lipinski definition) is 4. The Labute approximate surface area is 261 Å². The summed E-state index contributed by atoms with van der Waals surface area (Å²) in [5.74, 6) is 7.23. The van der Waals surface area contributed by atoms with Gasteiger partial charge in [-0.25, -0.2) is 19.6 Å². The van der Waals surface area contributed by atoms with Gasteiger partial charge in [0.05, 0.1) is 5.56 Å². The number of hydrogen-bond acceptors (Lipinski definition) is 9. The Morgan fingerprint density at radius 3 is 2.69 bits per heavy atom. The van der Waals surface area contributed by atoms with Gasteiger partial charge in [-0.2, -0.15) is 5.10 Å². The molecule has 1 aliphatic carbocycles. The topological polar surface area (TPSA) is 172 Å². The van der Waals surface area contributed by atoms with Crippen LogP contribution in [0.4, 0.5) is 5.82 Å². The minimum absolute atomic E-state index is 0.0341. The summed E-state index contributed by atoms with van der Waals surface area (Å²) in [4.78, 5) is 27.2. The fourth-order valence-electron chi connectivity index (χ4n) is 6.00. The fraction of sp³-hybridized carbons (Fsp3) is 0.242. The van der Waals surface area contributed by atoms with Crippen LogP contribution in [-0.2, 0) is 17.6 Å². The summed E-state index contributed by atoms with van der Waals surface area (Å²) in [6.45, 7) is 4.90. The standard InChI is InChI=1S/C23H19N7.C10H18N4O/c24-21-18(6-2-11-25-21)22-27-19-9-10-20(29-13-3-12-26-29)28-23(19)30(22)17-8-7-15-4-1-5-16(15)14-17;1-2-10(15)14-5-3-4-8(7-14)9(11)6-13-12/h2-3,6-14H,1,4-5H2,(H2,24,25);2,6,8,13H,1,3-5,7,11-12H2/b;9-6-. The number of nitrogens with one attached hydrogen (secondary N) is 1. The lowest BCUT2D eigenvalue weighted by atomic mass is 9.95. The van der Waals surface area contributed by atoms with E-state index in [4.69, 9.17) is 27.3 Å². The second-order valence-electron chi connectivity index (χ2n) is 11.1. The van der Waals surface area contributed by atoms with Gasteiger partial charge in [0.1, 0.15) is 11.3 Å². The average molecular weight is 604 g/mol. The first-order chi connectivity index (χ1) is 22.0. The molecular weight excluding hydrogens is 566 g/mol. The number of piperidine rings is 1. The molecule has 45 heavy (non-hydrogen) atoms. The molecule has 1 amide bonds. The van der Waals surface area contributed by atoms with Crippen LogP contribution in [0.1, 0.15) is 30.4 Å². The van der Waals surface area contributed by atoms with E-state index >= 15 is 0 Å². The van der Waals surface area contributed by atoms with E-state index in [1.54, 1.807) is 28.2 Å². The van der Waals surface area contributed by atoms with E-state index in [9.17, 15) is 4.79 Å². The molecule has 5 heterocycles. The van der Waals surface area contributed by atoms with E-state index in [0.29, 0.717) is 18.1 Å². The highest BCUT2D eigenvalue weighted by atomic mass is 16.2.